The number of anilines is 2. The van der Waals surface area contributed by atoms with Gasteiger partial charge >= 0.3 is 6.36 Å². The molecule has 1 spiro atoms. The van der Waals surface area contributed by atoms with Gasteiger partial charge in [0, 0.05) is 40.4 Å². The number of halogens is 4. The average molecular weight is 616 g/mol. The maximum Gasteiger partial charge on any atom is 0.573 e. The molecule has 5 rings (SSSR count). The van der Waals surface area contributed by atoms with Gasteiger partial charge in [0.1, 0.15) is 23.1 Å². The van der Waals surface area contributed by atoms with E-state index in [0.717, 1.165) is 18.4 Å². The molecule has 1 amide bonds. The number of benzene rings is 3. The van der Waals surface area contributed by atoms with Crippen LogP contribution in [0.2, 0.25) is 5.02 Å². The second kappa shape index (κ2) is 11.3. The lowest BCUT2D eigenvalue weighted by molar-refractivity contribution is -0.274. The van der Waals surface area contributed by atoms with Crippen LogP contribution in [-0.2, 0) is 15.0 Å². The molecule has 1 heterocycles. The molecule has 1 atom stereocenters. The van der Waals surface area contributed by atoms with Gasteiger partial charge in [0.15, 0.2) is 0 Å². The van der Waals surface area contributed by atoms with Crippen molar-refractivity contribution in [3.8, 4) is 11.5 Å². The van der Waals surface area contributed by atoms with Crippen LogP contribution >= 0.6 is 11.6 Å². The Morgan fingerprint density at radius 1 is 1.02 bits per heavy atom. The molecule has 0 aromatic heterocycles. The summed E-state index contributed by atoms with van der Waals surface area (Å²) in [5.74, 6) is -0.172. The number of hydrogen-bond donors (Lipinski definition) is 1. The highest BCUT2D eigenvalue weighted by atomic mass is 35.5. The lowest BCUT2D eigenvalue weighted by Gasteiger charge is -2.27. The number of oxime groups is 1. The van der Waals surface area contributed by atoms with Crippen LogP contribution in [0.5, 0.6) is 11.5 Å². The minimum absolute atomic E-state index is 0.268. The molecule has 3 aromatic carbocycles. The fourth-order valence-electron chi connectivity index (χ4n) is 5.16. The molecule has 1 unspecified atom stereocenters. The Labute approximate surface area is 253 Å². The van der Waals surface area contributed by atoms with Crippen LogP contribution in [-0.4, -0.2) is 37.2 Å². The number of amides is 1. The second-order valence-electron chi connectivity index (χ2n) is 11.9. The third kappa shape index (κ3) is 7.01. The molecule has 7 nitrogen and oxygen atoms in total. The van der Waals surface area contributed by atoms with Crippen molar-refractivity contribution in [3.05, 3.63) is 82.4 Å². The van der Waals surface area contributed by atoms with Crippen LogP contribution in [0.3, 0.4) is 0 Å². The maximum atomic E-state index is 14.4. The summed E-state index contributed by atoms with van der Waals surface area (Å²) in [5.41, 5.74) is 3.03. The SMILES string of the molecule is COc1cc(NC(C(=O)N2CC3(CC3)c3ccc(OC(F)(F)F)cc32)c2ccc(Cl)cc2)cc(/C(C)=N/OC(C)(C)C)c1. The standard InChI is InChI=1S/C32H33ClF3N3O4/c1-19(38-43-30(2,3)4)21-14-23(16-25(15-21)41-5)37-28(20-6-8-22(33)9-7-20)29(40)39-18-31(12-13-31)26-11-10-24(17-27(26)39)42-32(34,35)36/h6-11,14-17,28,37H,12-13,18H2,1-5H3/b38-19+. The van der Waals surface area contributed by atoms with E-state index in [1.54, 1.807) is 48.4 Å². The largest absolute Gasteiger partial charge is 0.573 e. The molecule has 1 aliphatic carbocycles. The lowest BCUT2D eigenvalue weighted by Crippen LogP contribution is -2.38. The van der Waals surface area contributed by atoms with Crippen LogP contribution in [0.4, 0.5) is 24.5 Å². The molecular weight excluding hydrogens is 583 g/mol. The van der Waals surface area contributed by atoms with Crippen LogP contribution in [0.25, 0.3) is 0 Å². The lowest BCUT2D eigenvalue weighted by atomic mass is 9.99. The summed E-state index contributed by atoms with van der Waals surface area (Å²) < 4.78 is 48.9. The summed E-state index contributed by atoms with van der Waals surface area (Å²) in [4.78, 5) is 21.5. The van der Waals surface area contributed by atoms with E-state index in [-0.39, 0.29) is 17.1 Å². The van der Waals surface area contributed by atoms with Crippen molar-refractivity contribution in [3.63, 3.8) is 0 Å². The molecule has 1 fully saturated rings. The molecule has 43 heavy (non-hydrogen) atoms. The molecule has 1 aliphatic heterocycles. The number of carbonyl (C=O) groups is 1. The van der Waals surface area contributed by atoms with Crippen molar-refractivity contribution in [2.75, 3.05) is 23.9 Å². The van der Waals surface area contributed by atoms with E-state index in [4.69, 9.17) is 21.2 Å². The van der Waals surface area contributed by atoms with Gasteiger partial charge in [-0.25, -0.2) is 0 Å². The first-order chi connectivity index (χ1) is 20.2. The Bertz CT molecular complexity index is 1550. The summed E-state index contributed by atoms with van der Waals surface area (Å²) in [7, 11) is 1.54. The smallest absolute Gasteiger partial charge is 0.497 e. The predicted molar refractivity (Wildman–Crippen MR) is 160 cm³/mol. The summed E-state index contributed by atoms with van der Waals surface area (Å²) in [6, 6.07) is 15.6. The molecule has 228 valence electrons. The van der Waals surface area contributed by atoms with Crippen LogP contribution in [0.15, 0.2) is 65.8 Å². The Hall–Kier alpha value is -3.92. The highest BCUT2D eigenvalue weighted by Crippen LogP contribution is 2.57. The van der Waals surface area contributed by atoms with Crippen LogP contribution in [0, 0.1) is 0 Å². The van der Waals surface area contributed by atoms with E-state index in [0.29, 0.717) is 45.5 Å². The van der Waals surface area contributed by atoms with Crippen molar-refractivity contribution in [1.82, 2.24) is 0 Å². The van der Waals surface area contributed by atoms with Gasteiger partial charge in [0.25, 0.3) is 5.91 Å². The number of fused-ring (bicyclic) bond motifs is 2. The molecule has 1 saturated carbocycles. The second-order valence-corrected chi connectivity index (χ2v) is 12.3. The van der Waals surface area contributed by atoms with Crippen molar-refractivity contribution in [1.29, 1.82) is 0 Å². The first-order valence-electron chi connectivity index (χ1n) is 13.8. The number of carbonyl (C=O) groups excluding carboxylic acids is 1. The number of methoxy groups -OCH3 is 1. The number of nitrogens with zero attached hydrogens (tertiary/aromatic N) is 2. The molecular formula is C32H33ClF3N3O4. The Morgan fingerprint density at radius 3 is 2.33 bits per heavy atom. The van der Waals surface area contributed by atoms with Crippen LogP contribution < -0.4 is 19.7 Å². The number of nitrogens with one attached hydrogen (secondary N) is 1. The van der Waals surface area contributed by atoms with E-state index >= 15 is 0 Å². The zero-order valence-corrected chi connectivity index (χ0v) is 25.3. The van der Waals surface area contributed by atoms with Gasteiger partial charge in [-0.1, -0.05) is 35.0 Å². The average Bonchev–Trinajstić information content (AvgIpc) is 3.65. The maximum absolute atomic E-state index is 14.4. The molecule has 11 heteroatoms. The van der Waals surface area contributed by atoms with Gasteiger partial charge in [-0.15, -0.1) is 13.2 Å². The fraction of sp³-hybridized carbons (Fsp3) is 0.375. The molecule has 0 saturated heterocycles. The van der Waals surface area contributed by atoms with Gasteiger partial charge in [-0.05, 0) is 82.0 Å². The molecule has 2 aliphatic rings. The van der Waals surface area contributed by atoms with Crippen LogP contribution in [0.1, 0.15) is 63.3 Å². The highest BCUT2D eigenvalue weighted by molar-refractivity contribution is 6.30. The van der Waals surface area contributed by atoms with Crippen molar-refractivity contribution >= 4 is 34.6 Å². The minimum Gasteiger partial charge on any atom is -0.497 e. The van der Waals surface area contributed by atoms with Gasteiger partial charge in [-0.2, -0.15) is 0 Å². The molecule has 1 N–H and O–H groups in total. The topological polar surface area (TPSA) is 72.4 Å². The summed E-state index contributed by atoms with van der Waals surface area (Å²) in [6.07, 6.45) is -3.16. The Morgan fingerprint density at radius 2 is 1.72 bits per heavy atom. The minimum atomic E-state index is -4.85. The third-order valence-electron chi connectivity index (χ3n) is 7.42. The van der Waals surface area contributed by atoms with E-state index in [9.17, 15) is 18.0 Å². The van der Waals surface area contributed by atoms with Crippen molar-refractivity contribution in [2.24, 2.45) is 5.16 Å². The Balaban J connectivity index is 1.52. The summed E-state index contributed by atoms with van der Waals surface area (Å²) in [6.45, 7) is 7.85. The van der Waals surface area contributed by atoms with Gasteiger partial charge in [0.05, 0.1) is 18.5 Å². The molecule has 0 bridgehead atoms. The number of hydrogen-bond acceptors (Lipinski definition) is 6. The summed E-state index contributed by atoms with van der Waals surface area (Å²) >= 11 is 6.16. The van der Waals surface area contributed by atoms with Gasteiger partial charge < -0.3 is 24.5 Å². The highest BCUT2D eigenvalue weighted by Gasteiger charge is 2.54. The fourth-order valence-corrected chi connectivity index (χ4v) is 5.29. The first-order valence-corrected chi connectivity index (χ1v) is 14.2. The zero-order valence-electron chi connectivity index (χ0n) is 24.5. The van der Waals surface area contributed by atoms with Crippen molar-refractivity contribution < 1.29 is 32.3 Å². The number of alkyl halides is 3. The molecule has 0 radical (unpaired) electrons. The monoisotopic (exact) mass is 615 g/mol. The zero-order chi connectivity index (χ0) is 31.2. The molecule has 3 aromatic rings. The van der Waals surface area contributed by atoms with E-state index < -0.39 is 18.0 Å². The van der Waals surface area contributed by atoms with Gasteiger partial charge in [0.2, 0.25) is 0 Å². The third-order valence-corrected chi connectivity index (χ3v) is 7.67. The quantitative estimate of drug-likeness (QED) is 0.205. The van der Waals surface area contributed by atoms with E-state index in [1.165, 1.54) is 12.1 Å². The summed E-state index contributed by atoms with van der Waals surface area (Å²) in [5, 5.41) is 8.11. The normalized spacial score (nSPS) is 16.5. The predicted octanol–water partition coefficient (Wildman–Crippen LogP) is 8.02. The van der Waals surface area contributed by atoms with E-state index in [2.05, 4.69) is 15.2 Å². The van der Waals surface area contributed by atoms with E-state index in [1.807, 2.05) is 39.8 Å². The Kier molecular flexibility index (Phi) is 8.02. The number of rotatable bonds is 8. The number of ether oxygens (including phenoxy) is 2. The van der Waals surface area contributed by atoms with Gasteiger partial charge in [-0.3, -0.25) is 4.79 Å². The first kappa shape index (κ1) is 30.5. The van der Waals surface area contributed by atoms with Crippen molar-refractivity contribution in [2.45, 2.75) is 64.0 Å².